The Hall–Kier alpha value is -0.610. The fourth-order valence-electron chi connectivity index (χ4n) is 2.41. The molecule has 1 amide bonds. The maximum absolute atomic E-state index is 12.2. The average molecular weight is 226 g/mol. The zero-order chi connectivity index (χ0) is 11.8. The summed E-state index contributed by atoms with van der Waals surface area (Å²) in [5, 5.41) is 0. The lowest BCUT2D eigenvalue weighted by Gasteiger charge is -2.45. The molecule has 4 nitrogen and oxygen atoms in total. The number of carbonyl (C=O) groups is 1. The number of ether oxygens (including phenoxy) is 1. The normalized spacial score (nSPS) is 27.7. The monoisotopic (exact) mass is 226 g/mol. The van der Waals surface area contributed by atoms with E-state index in [1.165, 1.54) is 0 Å². The lowest BCUT2D eigenvalue weighted by atomic mass is 9.94. The second kappa shape index (κ2) is 4.34. The molecule has 0 saturated carbocycles. The molecule has 0 aromatic heterocycles. The molecule has 0 radical (unpaired) electrons. The van der Waals surface area contributed by atoms with E-state index in [0.29, 0.717) is 6.04 Å². The van der Waals surface area contributed by atoms with Crippen molar-refractivity contribution in [3.8, 4) is 0 Å². The van der Waals surface area contributed by atoms with Crippen LogP contribution >= 0.6 is 0 Å². The molecule has 2 heterocycles. The summed E-state index contributed by atoms with van der Waals surface area (Å²) in [6.45, 7) is 11.3. The molecule has 4 heteroatoms. The number of amides is 1. The highest BCUT2D eigenvalue weighted by atomic mass is 16.5. The summed E-state index contributed by atoms with van der Waals surface area (Å²) < 4.78 is 5.47. The van der Waals surface area contributed by atoms with Gasteiger partial charge < -0.3 is 9.64 Å². The molecule has 0 bridgehead atoms. The molecule has 2 aliphatic rings. The van der Waals surface area contributed by atoms with Crippen molar-refractivity contribution in [2.45, 2.75) is 26.8 Å². The Bertz CT molecular complexity index is 273. The molecule has 2 saturated heterocycles. The minimum Gasteiger partial charge on any atom is -0.378 e. The summed E-state index contributed by atoms with van der Waals surface area (Å²) in [4.78, 5) is 16.6. The zero-order valence-electron chi connectivity index (χ0n) is 10.5. The van der Waals surface area contributed by atoms with Crippen LogP contribution in [0.15, 0.2) is 0 Å². The fraction of sp³-hybridized carbons (Fsp3) is 0.917. The number of morpholine rings is 1. The van der Waals surface area contributed by atoms with E-state index in [1.807, 2.05) is 25.7 Å². The second-order valence-electron chi connectivity index (χ2n) is 5.77. The summed E-state index contributed by atoms with van der Waals surface area (Å²) in [7, 11) is 0. The van der Waals surface area contributed by atoms with Crippen molar-refractivity contribution >= 4 is 5.91 Å². The zero-order valence-corrected chi connectivity index (χ0v) is 10.5. The minimum absolute atomic E-state index is 0.262. The van der Waals surface area contributed by atoms with Gasteiger partial charge in [-0.15, -0.1) is 0 Å². The predicted octanol–water partition coefficient (Wildman–Crippen LogP) is 0.575. The standard InChI is InChI=1S/C12H22N2O2/c1-12(2,3)11(15)14-5-4-13-6-7-16-9-10(13)8-14/h10H,4-9H2,1-3H3. The SMILES string of the molecule is CC(C)(C)C(=O)N1CCN2CCOCC2C1. The molecule has 2 aliphatic heterocycles. The Morgan fingerprint density at radius 1 is 1.25 bits per heavy atom. The van der Waals surface area contributed by atoms with Crippen molar-refractivity contribution in [3.63, 3.8) is 0 Å². The molecule has 1 atom stereocenters. The van der Waals surface area contributed by atoms with Gasteiger partial charge in [-0.1, -0.05) is 20.8 Å². The van der Waals surface area contributed by atoms with E-state index in [9.17, 15) is 4.79 Å². The molecular weight excluding hydrogens is 204 g/mol. The van der Waals surface area contributed by atoms with Gasteiger partial charge in [0, 0.05) is 31.6 Å². The molecule has 1 unspecified atom stereocenters. The van der Waals surface area contributed by atoms with Gasteiger partial charge in [-0.2, -0.15) is 0 Å². The molecule has 0 N–H and O–H groups in total. The lowest BCUT2D eigenvalue weighted by molar-refractivity contribution is -0.145. The third kappa shape index (κ3) is 2.38. The average Bonchev–Trinajstić information content (AvgIpc) is 2.26. The quantitative estimate of drug-likeness (QED) is 0.605. The number of hydrogen-bond donors (Lipinski definition) is 0. The highest BCUT2D eigenvalue weighted by Gasteiger charge is 2.35. The molecule has 0 spiro atoms. The first-order valence-electron chi connectivity index (χ1n) is 6.09. The highest BCUT2D eigenvalue weighted by Crippen LogP contribution is 2.21. The fourth-order valence-corrected chi connectivity index (χ4v) is 2.41. The van der Waals surface area contributed by atoms with Crippen LogP contribution in [0.3, 0.4) is 0 Å². The van der Waals surface area contributed by atoms with Crippen LogP contribution < -0.4 is 0 Å². The van der Waals surface area contributed by atoms with E-state index in [4.69, 9.17) is 4.74 Å². The number of fused-ring (bicyclic) bond motifs is 1. The number of carbonyl (C=O) groups excluding carboxylic acids is 1. The van der Waals surface area contributed by atoms with E-state index in [0.717, 1.165) is 39.4 Å². The summed E-state index contributed by atoms with van der Waals surface area (Å²) in [5.74, 6) is 0.262. The van der Waals surface area contributed by atoms with Gasteiger partial charge >= 0.3 is 0 Å². The number of hydrogen-bond acceptors (Lipinski definition) is 3. The van der Waals surface area contributed by atoms with Gasteiger partial charge in [0.15, 0.2) is 0 Å². The molecule has 0 aromatic carbocycles. The Morgan fingerprint density at radius 3 is 2.69 bits per heavy atom. The van der Waals surface area contributed by atoms with Crippen molar-refractivity contribution in [1.29, 1.82) is 0 Å². The van der Waals surface area contributed by atoms with Crippen molar-refractivity contribution < 1.29 is 9.53 Å². The first kappa shape index (κ1) is 11.9. The third-order valence-electron chi connectivity index (χ3n) is 3.37. The van der Waals surface area contributed by atoms with Crippen LogP contribution in [-0.4, -0.2) is 61.1 Å². The van der Waals surface area contributed by atoms with Gasteiger partial charge in [0.05, 0.1) is 19.3 Å². The molecule has 16 heavy (non-hydrogen) atoms. The van der Waals surface area contributed by atoms with Crippen LogP contribution in [0.2, 0.25) is 0 Å². The van der Waals surface area contributed by atoms with Crippen LogP contribution in [0, 0.1) is 5.41 Å². The number of rotatable bonds is 0. The summed E-state index contributed by atoms with van der Waals surface area (Å²) in [6, 6.07) is 0.411. The summed E-state index contributed by atoms with van der Waals surface area (Å²) in [6.07, 6.45) is 0. The van der Waals surface area contributed by atoms with Gasteiger partial charge in [-0.05, 0) is 0 Å². The van der Waals surface area contributed by atoms with E-state index in [2.05, 4.69) is 4.90 Å². The molecule has 92 valence electrons. The Labute approximate surface area is 97.5 Å². The first-order valence-corrected chi connectivity index (χ1v) is 6.09. The molecule has 0 aliphatic carbocycles. The van der Waals surface area contributed by atoms with E-state index < -0.39 is 0 Å². The maximum Gasteiger partial charge on any atom is 0.228 e. The van der Waals surface area contributed by atoms with Gasteiger partial charge in [0.1, 0.15) is 0 Å². The van der Waals surface area contributed by atoms with E-state index in [1.54, 1.807) is 0 Å². The van der Waals surface area contributed by atoms with Crippen molar-refractivity contribution in [2.75, 3.05) is 39.4 Å². The lowest BCUT2D eigenvalue weighted by Crippen LogP contribution is -2.60. The highest BCUT2D eigenvalue weighted by molar-refractivity contribution is 5.81. The Balaban J connectivity index is 1.97. The second-order valence-corrected chi connectivity index (χ2v) is 5.77. The summed E-state index contributed by atoms with van der Waals surface area (Å²) >= 11 is 0. The van der Waals surface area contributed by atoms with Crippen molar-refractivity contribution in [2.24, 2.45) is 5.41 Å². The van der Waals surface area contributed by atoms with Crippen molar-refractivity contribution in [3.05, 3.63) is 0 Å². The first-order chi connectivity index (χ1) is 7.48. The third-order valence-corrected chi connectivity index (χ3v) is 3.37. The molecule has 0 aromatic rings. The van der Waals surface area contributed by atoms with Crippen LogP contribution in [-0.2, 0) is 9.53 Å². The topological polar surface area (TPSA) is 32.8 Å². The van der Waals surface area contributed by atoms with Gasteiger partial charge in [0.2, 0.25) is 5.91 Å². The Morgan fingerprint density at radius 2 is 2.00 bits per heavy atom. The van der Waals surface area contributed by atoms with Crippen LogP contribution in [0.1, 0.15) is 20.8 Å². The minimum atomic E-state index is -0.266. The number of piperazine rings is 1. The Kier molecular flexibility index (Phi) is 3.22. The molecule has 2 rings (SSSR count). The van der Waals surface area contributed by atoms with Crippen LogP contribution in [0.25, 0.3) is 0 Å². The van der Waals surface area contributed by atoms with E-state index >= 15 is 0 Å². The number of nitrogens with zero attached hydrogens (tertiary/aromatic N) is 2. The molecule has 2 fully saturated rings. The van der Waals surface area contributed by atoms with Gasteiger partial charge in [-0.3, -0.25) is 9.69 Å². The van der Waals surface area contributed by atoms with E-state index in [-0.39, 0.29) is 11.3 Å². The molecular formula is C12H22N2O2. The van der Waals surface area contributed by atoms with Crippen LogP contribution in [0.4, 0.5) is 0 Å². The van der Waals surface area contributed by atoms with Gasteiger partial charge in [-0.25, -0.2) is 0 Å². The van der Waals surface area contributed by atoms with Crippen molar-refractivity contribution in [1.82, 2.24) is 9.80 Å². The van der Waals surface area contributed by atoms with Gasteiger partial charge in [0.25, 0.3) is 0 Å². The maximum atomic E-state index is 12.2. The predicted molar refractivity (Wildman–Crippen MR) is 62.2 cm³/mol. The summed E-state index contributed by atoms with van der Waals surface area (Å²) in [5.41, 5.74) is -0.266. The van der Waals surface area contributed by atoms with Crippen LogP contribution in [0.5, 0.6) is 0 Å². The largest absolute Gasteiger partial charge is 0.378 e. The smallest absolute Gasteiger partial charge is 0.228 e.